The predicted molar refractivity (Wildman–Crippen MR) is 40.1 cm³/mol. The Kier molecular flexibility index (Phi) is 1.60. The molecule has 0 radical (unpaired) electrons. The minimum atomic E-state index is -0.0197. The molecule has 2 unspecified atom stereocenters. The number of hydrogen-bond donors (Lipinski definition) is 0. The van der Waals surface area contributed by atoms with Crippen LogP contribution in [0.3, 0.4) is 0 Å². The Balaban J connectivity index is 2.09. The second-order valence-corrected chi connectivity index (χ2v) is 3.42. The zero-order chi connectivity index (χ0) is 7.84. The highest BCUT2D eigenvalue weighted by Crippen LogP contribution is 2.27. The number of carbonyl (C=O) groups is 1. The van der Waals surface area contributed by atoms with Gasteiger partial charge in [-0.3, -0.25) is 9.69 Å². The Morgan fingerprint density at radius 3 is 3.18 bits per heavy atom. The lowest BCUT2D eigenvalue weighted by Gasteiger charge is -2.32. The molecule has 2 aliphatic heterocycles. The van der Waals surface area contributed by atoms with Crippen molar-refractivity contribution < 1.29 is 9.53 Å². The summed E-state index contributed by atoms with van der Waals surface area (Å²) in [7, 11) is 2.07. The van der Waals surface area contributed by atoms with Crippen molar-refractivity contribution in [3.63, 3.8) is 0 Å². The van der Waals surface area contributed by atoms with Gasteiger partial charge in [-0.1, -0.05) is 0 Å². The third kappa shape index (κ3) is 1.13. The van der Waals surface area contributed by atoms with E-state index >= 15 is 0 Å². The first-order chi connectivity index (χ1) is 5.27. The van der Waals surface area contributed by atoms with Crippen molar-refractivity contribution in [1.29, 1.82) is 0 Å². The quantitative estimate of drug-likeness (QED) is 0.474. The molecule has 0 aromatic heterocycles. The van der Waals surface area contributed by atoms with Crippen LogP contribution in [-0.2, 0) is 9.53 Å². The number of likely N-dealkylation sites (N-methyl/N-ethyl adjacent to an activating group) is 1. The number of likely N-dealkylation sites (tertiary alicyclic amines) is 1. The zero-order valence-corrected chi connectivity index (χ0v) is 6.75. The van der Waals surface area contributed by atoms with Crippen LogP contribution in [0, 0.1) is 0 Å². The second-order valence-electron chi connectivity index (χ2n) is 3.42. The minimum Gasteiger partial charge on any atom is -0.461 e. The summed E-state index contributed by atoms with van der Waals surface area (Å²) in [6.07, 6.45) is 3.01. The van der Waals surface area contributed by atoms with Crippen LogP contribution in [0.15, 0.2) is 0 Å². The van der Waals surface area contributed by atoms with Crippen molar-refractivity contribution in [3.8, 4) is 0 Å². The molecular weight excluding hydrogens is 142 g/mol. The van der Waals surface area contributed by atoms with Gasteiger partial charge in [0.25, 0.3) is 0 Å². The number of nitrogens with zero attached hydrogens (tertiary/aromatic N) is 1. The van der Waals surface area contributed by atoms with Gasteiger partial charge in [0, 0.05) is 0 Å². The molecule has 2 rings (SSSR count). The number of hydrogen-bond acceptors (Lipinski definition) is 3. The van der Waals surface area contributed by atoms with Crippen LogP contribution in [0.4, 0.5) is 0 Å². The SMILES string of the molecule is CN1CCCC2OC(=O)CC21. The van der Waals surface area contributed by atoms with Gasteiger partial charge >= 0.3 is 5.97 Å². The number of fused-ring (bicyclic) bond motifs is 1. The smallest absolute Gasteiger partial charge is 0.307 e. The van der Waals surface area contributed by atoms with Gasteiger partial charge in [0.05, 0.1) is 12.5 Å². The first-order valence-corrected chi connectivity index (χ1v) is 4.17. The lowest BCUT2D eigenvalue weighted by Crippen LogP contribution is -2.42. The average Bonchev–Trinajstić information content (AvgIpc) is 2.31. The standard InChI is InChI=1S/C8H13NO2/c1-9-4-2-3-7-6(9)5-8(10)11-7/h6-7H,2-5H2,1H3. The van der Waals surface area contributed by atoms with E-state index in [9.17, 15) is 4.79 Å². The maximum atomic E-state index is 10.9. The first-order valence-electron chi connectivity index (χ1n) is 4.17. The van der Waals surface area contributed by atoms with Crippen molar-refractivity contribution in [2.45, 2.75) is 31.4 Å². The van der Waals surface area contributed by atoms with Gasteiger partial charge in [-0.15, -0.1) is 0 Å². The molecule has 62 valence electrons. The van der Waals surface area contributed by atoms with Gasteiger partial charge in [-0.2, -0.15) is 0 Å². The molecule has 0 aromatic carbocycles. The van der Waals surface area contributed by atoms with Crippen molar-refractivity contribution in [2.24, 2.45) is 0 Å². The van der Waals surface area contributed by atoms with E-state index in [1.54, 1.807) is 0 Å². The van der Waals surface area contributed by atoms with E-state index in [1.807, 2.05) is 0 Å². The molecule has 0 aliphatic carbocycles. The minimum absolute atomic E-state index is 0.0197. The van der Waals surface area contributed by atoms with Crippen molar-refractivity contribution >= 4 is 5.97 Å². The Morgan fingerprint density at radius 1 is 1.64 bits per heavy atom. The molecule has 3 nitrogen and oxygen atoms in total. The van der Waals surface area contributed by atoms with Crippen LogP contribution < -0.4 is 0 Å². The van der Waals surface area contributed by atoms with Crippen LogP contribution in [0.2, 0.25) is 0 Å². The first kappa shape index (κ1) is 7.10. The number of piperidine rings is 1. The summed E-state index contributed by atoms with van der Waals surface area (Å²) in [5, 5.41) is 0. The fraction of sp³-hybridized carbons (Fsp3) is 0.875. The molecule has 11 heavy (non-hydrogen) atoms. The van der Waals surface area contributed by atoms with Crippen molar-refractivity contribution in [3.05, 3.63) is 0 Å². The van der Waals surface area contributed by atoms with Crippen LogP contribution in [0.1, 0.15) is 19.3 Å². The summed E-state index contributed by atoms with van der Waals surface area (Å²) >= 11 is 0. The van der Waals surface area contributed by atoms with E-state index in [2.05, 4.69) is 11.9 Å². The molecule has 2 fully saturated rings. The van der Waals surface area contributed by atoms with Gasteiger partial charge in [0.15, 0.2) is 0 Å². The van der Waals surface area contributed by atoms with E-state index < -0.39 is 0 Å². The van der Waals surface area contributed by atoms with Crippen LogP contribution >= 0.6 is 0 Å². The molecule has 3 heteroatoms. The summed E-state index contributed by atoms with van der Waals surface area (Å²) in [5.41, 5.74) is 0. The third-order valence-corrected chi connectivity index (χ3v) is 2.65. The number of esters is 1. The Labute approximate surface area is 66.3 Å². The molecule has 0 N–H and O–H groups in total. The monoisotopic (exact) mass is 155 g/mol. The van der Waals surface area contributed by atoms with Crippen LogP contribution in [-0.4, -0.2) is 36.6 Å². The molecule has 2 aliphatic rings. The number of rotatable bonds is 0. The molecule has 0 bridgehead atoms. The number of carbonyl (C=O) groups excluding carboxylic acids is 1. The highest BCUT2D eigenvalue weighted by atomic mass is 16.6. The lowest BCUT2D eigenvalue weighted by molar-refractivity contribution is -0.142. The average molecular weight is 155 g/mol. The van der Waals surface area contributed by atoms with Gasteiger partial charge < -0.3 is 4.74 Å². The molecule has 2 atom stereocenters. The van der Waals surface area contributed by atoms with E-state index in [0.717, 1.165) is 19.4 Å². The third-order valence-electron chi connectivity index (χ3n) is 2.65. The molecular formula is C8H13NO2. The zero-order valence-electron chi connectivity index (χ0n) is 6.75. The van der Waals surface area contributed by atoms with E-state index in [1.165, 1.54) is 0 Å². The number of ether oxygens (including phenoxy) is 1. The highest BCUT2D eigenvalue weighted by molar-refractivity contribution is 5.72. The molecule has 2 saturated heterocycles. The van der Waals surface area contributed by atoms with Gasteiger partial charge in [-0.05, 0) is 26.4 Å². The molecule has 0 spiro atoms. The largest absolute Gasteiger partial charge is 0.461 e. The molecule has 2 heterocycles. The van der Waals surface area contributed by atoms with Gasteiger partial charge in [0.2, 0.25) is 0 Å². The normalized spacial score (nSPS) is 38.5. The van der Waals surface area contributed by atoms with Crippen LogP contribution in [0.25, 0.3) is 0 Å². The van der Waals surface area contributed by atoms with E-state index in [0.29, 0.717) is 12.5 Å². The summed E-state index contributed by atoms with van der Waals surface area (Å²) in [6.45, 7) is 1.11. The topological polar surface area (TPSA) is 29.5 Å². The van der Waals surface area contributed by atoms with Gasteiger partial charge in [-0.25, -0.2) is 0 Å². The highest BCUT2D eigenvalue weighted by Gasteiger charge is 2.39. The fourth-order valence-corrected chi connectivity index (χ4v) is 2.00. The molecule has 0 aromatic rings. The Morgan fingerprint density at radius 2 is 2.45 bits per heavy atom. The molecule has 0 amide bonds. The van der Waals surface area contributed by atoms with E-state index in [-0.39, 0.29) is 12.1 Å². The Bertz CT molecular complexity index is 181. The van der Waals surface area contributed by atoms with Gasteiger partial charge in [0.1, 0.15) is 6.10 Å². The lowest BCUT2D eigenvalue weighted by atomic mass is 9.99. The summed E-state index contributed by atoms with van der Waals surface area (Å²) in [5.74, 6) is -0.0197. The summed E-state index contributed by atoms with van der Waals surface area (Å²) < 4.78 is 5.16. The molecule has 0 saturated carbocycles. The Hall–Kier alpha value is -0.570. The van der Waals surface area contributed by atoms with E-state index in [4.69, 9.17) is 4.74 Å². The second kappa shape index (κ2) is 2.48. The maximum absolute atomic E-state index is 10.9. The van der Waals surface area contributed by atoms with Crippen molar-refractivity contribution in [1.82, 2.24) is 4.90 Å². The summed E-state index contributed by atoms with van der Waals surface area (Å²) in [4.78, 5) is 13.1. The fourth-order valence-electron chi connectivity index (χ4n) is 2.00. The summed E-state index contributed by atoms with van der Waals surface area (Å²) in [6, 6.07) is 0.372. The van der Waals surface area contributed by atoms with Crippen molar-refractivity contribution in [2.75, 3.05) is 13.6 Å². The van der Waals surface area contributed by atoms with Crippen LogP contribution in [0.5, 0.6) is 0 Å². The maximum Gasteiger partial charge on any atom is 0.307 e. The predicted octanol–water partition coefficient (Wildman–Crippen LogP) is 0.396.